The number of pyridine rings is 1. The van der Waals surface area contributed by atoms with Crippen LogP contribution in [0.4, 0.5) is 4.39 Å². The lowest BCUT2D eigenvalue weighted by Gasteiger charge is -2.27. The Bertz CT molecular complexity index is 526. The summed E-state index contributed by atoms with van der Waals surface area (Å²) in [5.41, 5.74) is 6.61. The maximum Gasteiger partial charge on any atom is 0.141 e. The Morgan fingerprint density at radius 3 is 2.67 bits per heavy atom. The number of hydrogen-bond donors (Lipinski definition) is 1. The average Bonchev–Trinajstić information content (AvgIpc) is 2.75. The van der Waals surface area contributed by atoms with Gasteiger partial charge in [-0.05, 0) is 46.6 Å². The zero-order valence-electron chi connectivity index (χ0n) is 9.99. The summed E-state index contributed by atoms with van der Waals surface area (Å²) in [7, 11) is 0. The van der Waals surface area contributed by atoms with Crippen LogP contribution in [-0.4, -0.2) is 4.98 Å². The molecule has 0 saturated heterocycles. The molecule has 2 rings (SSSR count). The second kappa shape index (κ2) is 5.47. The van der Waals surface area contributed by atoms with Gasteiger partial charge in [-0.25, -0.2) is 4.39 Å². The molecule has 5 heteroatoms. The lowest BCUT2D eigenvalue weighted by Crippen LogP contribution is -2.39. The highest BCUT2D eigenvalue weighted by Gasteiger charge is 2.27. The Balaban J connectivity index is 2.27. The maximum atomic E-state index is 12.9. The van der Waals surface area contributed by atoms with Gasteiger partial charge in [0, 0.05) is 11.3 Å². The summed E-state index contributed by atoms with van der Waals surface area (Å²) in [4.78, 5) is 5.31. The predicted molar refractivity (Wildman–Crippen MR) is 76.1 cm³/mol. The summed E-state index contributed by atoms with van der Waals surface area (Å²) < 4.78 is 14.0. The van der Waals surface area contributed by atoms with Gasteiger partial charge >= 0.3 is 0 Å². The molecule has 2 heterocycles. The van der Waals surface area contributed by atoms with Crippen molar-refractivity contribution in [1.29, 1.82) is 0 Å². The summed E-state index contributed by atoms with van der Waals surface area (Å²) in [6.45, 7) is 2.02. The van der Waals surface area contributed by atoms with Gasteiger partial charge < -0.3 is 5.73 Å². The van der Waals surface area contributed by atoms with Crippen LogP contribution in [0, 0.1) is 5.82 Å². The van der Waals surface area contributed by atoms with Gasteiger partial charge in [-0.2, -0.15) is 0 Å². The van der Waals surface area contributed by atoms with E-state index in [1.54, 1.807) is 17.4 Å². The van der Waals surface area contributed by atoms with Crippen molar-refractivity contribution in [3.05, 3.63) is 50.6 Å². The van der Waals surface area contributed by atoms with Crippen LogP contribution in [0.25, 0.3) is 0 Å². The summed E-state index contributed by atoms with van der Waals surface area (Å²) in [5.74, 6) is -0.337. The van der Waals surface area contributed by atoms with Gasteiger partial charge in [0.05, 0.1) is 21.2 Å². The third-order valence-corrected chi connectivity index (χ3v) is 4.61. The first-order valence-electron chi connectivity index (χ1n) is 5.68. The Morgan fingerprint density at radius 1 is 1.39 bits per heavy atom. The summed E-state index contributed by atoms with van der Waals surface area (Å²) in [6, 6.07) is 7.13. The van der Waals surface area contributed by atoms with Crippen LogP contribution >= 0.6 is 27.3 Å². The van der Waals surface area contributed by atoms with Crippen LogP contribution in [0.1, 0.15) is 23.9 Å². The standard InChI is InChI=1S/C13H14BrFN2S/c1-2-13(16,7-10-4-6-12(14)18-10)11-5-3-9(15)8-17-11/h3-6,8H,2,7,16H2,1H3. The van der Waals surface area contributed by atoms with Crippen LogP contribution in [0.5, 0.6) is 0 Å². The number of rotatable bonds is 4. The van der Waals surface area contributed by atoms with Gasteiger partial charge in [0.2, 0.25) is 0 Å². The number of aromatic nitrogens is 1. The van der Waals surface area contributed by atoms with E-state index in [0.29, 0.717) is 6.42 Å². The fraction of sp³-hybridized carbons (Fsp3) is 0.308. The fourth-order valence-electron chi connectivity index (χ4n) is 1.82. The van der Waals surface area contributed by atoms with Crippen molar-refractivity contribution < 1.29 is 4.39 Å². The molecule has 0 aromatic carbocycles. The first-order chi connectivity index (χ1) is 8.53. The molecular formula is C13H14BrFN2S. The quantitative estimate of drug-likeness (QED) is 0.925. The highest BCUT2D eigenvalue weighted by molar-refractivity contribution is 9.11. The molecule has 2 nitrogen and oxygen atoms in total. The van der Waals surface area contributed by atoms with E-state index in [2.05, 4.69) is 27.0 Å². The third-order valence-electron chi connectivity index (χ3n) is 2.99. The molecule has 0 aliphatic heterocycles. The van der Waals surface area contributed by atoms with Gasteiger partial charge in [0.1, 0.15) is 5.82 Å². The predicted octanol–water partition coefficient (Wildman–Crippen LogP) is 3.85. The largest absolute Gasteiger partial charge is 0.320 e. The lowest BCUT2D eigenvalue weighted by atomic mass is 9.88. The molecule has 1 unspecified atom stereocenters. The van der Waals surface area contributed by atoms with Crippen molar-refractivity contribution in [2.45, 2.75) is 25.3 Å². The molecule has 0 spiro atoms. The zero-order valence-corrected chi connectivity index (χ0v) is 12.4. The third kappa shape index (κ3) is 2.96. The van der Waals surface area contributed by atoms with E-state index >= 15 is 0 Å². The van der Waals surface area contributed by atoms with Crippen molar-refractivity contribution in [1.82, 2.24) is 4.98 Å². The molecule has 0 bridgehead atoms. The highest BCUT2D eigenvalue weighted by Crippen LogP contribution is 2.30. The van der Waals surface area contributed by atoms with E-state index in [4.69, 9.17) is 5.73 Å². The van der Waals surface area contributed by atoms with Crippen molar-refractivity contribution in [3.8, 4) is 0 Å². The number of thiophene rings is 1. The Kier molecular flexibility index (Phi) is 4.14. The van der Waals surface area contributed by atoms with E-state index in [0.717, 1.165) is 15.9 Å². The van der Waals surface area contributed by atoms with E-state index in [9.17, 15) is 4.39 Å². The van der Waals surface area contributed by atoms with Gasteiger partial charge in [-0.1, -0.05) is 6.92 Å². The number of nitrogens with zero attached hydrogens (tertiary/aromatic N) is 1. The maximum absolute atomic E-state index is 12.9. The van der Waals surface area contributed by atoms with Crippen LogP contribution in [0.2, 0.25) is 0 Å². The van der Waals surface area contributed by atoms with Crippen molar-refractivity contribution in [2.24, 2.45) is 5.73 Å². The SMILES string of the molecule is CCC(N)(Cc1ccc(Br)s1)c1ccc(F)cn1. The van der Waals surface area contributed by atoms with Gasteiger partial charge in [-0.3, -0.25) is 4.98 Å². The van der Waals surface area contributed by atoms with Gasteiger partial charge in [-0.15, -0.1) is 11.3 Å². The molecule has 0 radical (unpaired) electrons. The zero-order chi connectivity index (χ0) is 13.2. The first kappa shape index (κ1) is 13.6. The molecule has 0 saturated carbocycles. The smallest absolute Gasteiger partial charge is 0.141 e. The van der Waals surface area contributed by atoms with Crippen LogP contribution in [0.3, 0.4) is 0 Å². The first-order valence-corrected chi connectivity index (χ1v) is 7.29. The van der Waals surface area contributed by atoms with Crippen LogP contribution in [0.15, 0.2) is 34.2 Å². The molecule has 0 aliphatic carbocycles. The Hall–Kier alpha value is -0.780. The van der Waals surface area contributed by atoms with Crippen molar-refractivity contribution in [2.75, 3.05) is 0 Å². The Morgan fingerprint density at radius 2 is 2.17 bits per heavy atom. The Labute approximate surface area is 118 Å². The average molecular weight is 329 g/mol. The number of hydrogen-bond acceptors (Lipinski definition) is 3. The lowest BCUT2D eigenvalue weighted by molar-refractivity contribution is 0.413. The molecule has 0 fully saturated rings. The minimum Gasteiger partial charge on any atom is -0.320 e. The second-order valence-corrected chi connectivity index (χ2v) is 6.80. The molecule has 2 N–H and O–H groups in total. The molecule has 0 amide bonds. The molecule has 2 aromatic rings. The second-order valence-electron chi connectivity index (χ2n) is 4.25. The summed E-state index contributed by atoms with van der Waals surface area (Å²) in [6.07, 6.45) is 2.68. The van der Waals surface area contributed by atoms with E-state index in [1.807, 2.05) is 13.0 Å². The molecule has 96 valence electrons. The molecule has 0 aliphatic rings. The fourth-order valence-corrected chi connectivity index (χ4v) is 3.43. The van der Waals surface area contributed by atoms with Crippen LogP contribution in [-0.2, 0) is 12.0 Å². The monoisotopic (exact) mass is 328 g/mol. The van der Waals surface area contributed by atoms with E-state index in [-0.39, 0.29) is 5.82 Å². The normalized spacial score (nSPS) is 14.4. The topological polar surface area (TPSA) is 38.9 Å². The van der Waals surface area contributed by atoms with E-state index < -0.39 is 5.54 Å². The van der Waals surface area contributed by atoms with Gasteiger partial charge in [0.15, 0.2) is 0 Å². The number of halogens is 2. The highest BCUT2D eigenvalue weighted by atomic mass is 79.9. The minimum atomic E-state index is -0.544. The molecule has 18 heavy (non-hydrogen) atoms. The van der Waals surface area contributed by atoms with E-state index in [1.165, 1.54) is 17.1 Å². The van der Waals surface area contributed by atoms with Crippen LogP contribution < -0.4 is 5.73 Å². The van der Waals surface area contributed by atoms with Crippen molar-refractivity contribution in [3.63, 3.8) is 0 Å². The minimum absolute atomic E-state index is 0.337. The molecule has 2 aromatic heterocycles. The van der Waals surface area contributed by atoms with Crippen molar-refractivity contribution >= 4 is 27.3 Å². The van der Waals surface area contributed by atoms with Gasteiger partial charge in [0.25, 0.3) is 0 Å². The summed E-state index contributed by atoms with van der Waals surface area (Å²) in [5, 5.41) is 0. The number of nitrogens with two attached hydrogens (primary N) is 1. The molecular weight excluding hydrogens is 315 g/mol. The summed E-state index contributed by atoms with van der Waals surface area (Å²) >= 11 is 5.10. The molecule has 1 atom stereocenters.